The Bertz CT molecular complexity index is 792. The Balaban J connectivity index is 1.80. The highest BCUT2D eigenvalue weighted by atomic mass is 35.5. The number of benzene rings is 1. The molecular formula is C17H15ClFNO4S. The lowest BCUT2D eigenvalue weighted by atomic mass is 10.2. The number of ether oxygens (including phenoxy) is 1. The Labute approximate surface area is 152 Å². The maximum absolute atomic E-state index is 13.5. The number of carbonyl (C=O) groups excluding carboxylic acids is 3. The second-order valence-corrected chi connectivity index (χ2v) is 6.84. The first-order chi connectivity index (χ1) is 11.9. The molecule has 0 aliphatic heterocycles. The maximum Gasteiger partial charge on any atom is 0.307 e. The standard InChI is InChI=1S/C17H15ClFNO4S/c1-10(17(23)20-12-5-3-2-4-11(12)19)24-16(22)9-6-13(21)14-7-8-15(18)25-14/h2-5,7-8,10H,6,9H2,1H3,(H,20,23). The van der Waals surface area contributed by atoms with Crippen LogP contribution in [0.2, 0.25) is 4.34 Å². The zero-order chi connectivity index (χ0) is 18.4. The largest absolute Gasteiger partial charge is 0.453 e. The summed E-state index contributed by atoms with van der Waals surface area (Å²) in [6.45, 7) is 1.37. The molecule has 0 aliphatic carbocycles. The first kappa shape index (κ1) is 19.1. The van der Waals surface area contributed by atoms with Crippen molar-refractivity contribution in [1.82, 2.24) is 0 Å². The number of anilines is 1. The molecule has 1 aromatic heterocycles. The van der Waals surface area contributed by atoms with Crippen LogP contribution in [0.5, 0.6) is 0 Å². The Morgan fingerprint density at radius 1 is 1.20 bits per heavy atom. The van der Waals surface area contributed by atoms with Gasteiger partial charge < -0.3 is 10.1 Å². The first-order valence-corrected chi connectivity index (χ1v) is 8.59. The summed E-state index contributed by atoms with van der Waals surface area (Å²) in [6, 6.07) is 8.85. The predicted molar refractivity (Wildman–Crippen MR) is 93.5 cm³/mol. The number of halogens is 2. The van der Waals surface area contributed by atoms with E-state index in [1.165, 1.54) is 25.1 Å². The molecule has 0 fully saturated rings. The van der Waals surface area contributed by atoms with Crippen molar-refractivity contribution in [2.45, 2.75) is 25.9 Å². The van der Waals surface area contributed by atoms with Crippen LogP contribution in [0.25, 0.3) is 0 Å². The van der Waals surface area contributed by atoms with Gasteiger partial charge in [0.2, 0.25) is 0 Å². The Morgan fingerprint density at radius 2 is 1.92 bits per heavy atom. The van der Waals surface area contributed by atoms with Crippen LogP contribution in [0.15, 0.2) is 36.4 Å². The third-order valence-corrected chi connectivity index (χ3v) is 4.49. The maximum atomic E-state index is 13.5. The van der Waals surface area contributed by atoms with Gasteiger partial charge in [-0.1, -0.05) is 23.7 Å². The van der Waals surface area contributed by atoms with Gasteiger partial charge in [-0.25, -0.2) is 4.39 Å². The van der Waals surface area contributed by atoms with Crippen molar-refractivity contribution in [3.8, 4) is 0 Å². The van der Waals surface area contributed by atoms with Crippen LogP contribution in [0.3, 0.4) is 0 Å². The van der Waals surface area contributed by atoms with Gasteiger partial charge in [-0.3, -0.25) is 14.4 Å². The molecule has 0 aliphatic rings. The molecule has 0 bridgehead atoms. The normalized spacial score (nSPS) is 11.6. The molecular weight excluding hydrogens is 369 g/mol. The van der Waals surface area contributed by atoms with Crippen molar-refractivity contribution in [2.75, 3.05) is 5.32 Å². The number of carbonyl (C=O) groups is 3. The van der Waals surface area contributed by atoms with E-state index in [1.807, 2.05) is 0 Å². The molecule has 1 unspecified atom stereocenters. The number of thiophene rings is 1. The summed E-state index contributed by atoms with van der Waals surface area (Å²) in [5, 5.41) is 2.34. The number of hydrogen-bond acceptors (Lipinski definition) is 5. The monoisotopic (exact) mass is 383 g/mol. The van der Waals surface area contributed by atoms with Crippen LogP contribution >= 0.6 is 22.9 Å². The van der Waals surface area contributed by atoms with Gasteiger partial charge in [0.15, 0.2) is 11.9 Å². The highest BCUT2D eigenvalue weighted by Gasteiger charge is 2.20. The van der Waals surface area contributed by atoms with E-state index in [4.69, 9.17) is 16.3 Å². The average molecular weight is 384 g/mol. The first-order valence-electron chi connectivity index (χ1n) is 7.40. The lowest BCUT2D eigenvalue weighted by Crippen LogP contribution is -2.30. The predicted octanol–water partition coefficient (Wildman–Crippen LogP) is 4.07. The Morgan fingerprint density at radius 3 is 2.56 bits per heavy atom. The fourth-order valence-corrected chi connectivity index (χ4v) is 2.92. The Kier molecular flexibility index (Phi) is 6.66. The summed E-state index contributed by atoms with van der Waals surface area (Å²) in [5.74, 6) is -2.16. The van der Waals surface area contributed by atoms with Crippen LogP contribution in [0, 0.1) is 5.82 Å². The van der Waals surface area contributed by atoms with Crippen LogP contribution in [0.1, 0.15) is 29.4 Å². The highest BCUT2D eigenvalue weighted by Crippen LogP contribution is 2.23. The number of Topliss-reactive ketones (excluding diaryl/α,β-unsaturated/α-hetero) is 1. The quantitative estimate of drug-likeness (QED) is 0.577. The second kappa shape index (κ2) is 8.73. The number of ketones is 1. The number of amides is 1. The fourth-order valence-electron chi connectivity index (χ4n) is 1.91. The van der Waals surface area contributed by atoms with Gasteiger partial charge in [0.25, 0.3) is 5.91 Å². The van der Waals surface area contributed by atoms with Gasteiger partial charge in [0.1, 0.15) is 5.82 Å². The number of nitrogens with one attached hydrogen (secondary N) is 1. The molecule has 132 valence electrons. The molecule has 1 aromatic carbocycles. The second-order valence-electron chi connectivity index (χ2n) is 5.13. The van der Waals surface area contributed by atoms with Crippen LogP contribution in [-0.4, -0.2) is 23.8 Å². The molecule has 1 atom stereocenters. The average Bonchev–Trinajstić information content (AvgIpc) is 3.01. The summed E-state index contributed by atoms with van der Waals surface area (Å²) < 4.78 is 18.9. The van der Waals surface area contributed by atoms with Gasteiger partial charge >= 0.3 is 5.97 Å². The van der Waals surface area contributed by atoms with Crippen molar-refractivity contribution in [3.63, 3.8) is 0 Å². The van der Waals surface area contributed by atoms with E-state index < -0.39 is 23.8 Å². The van der Waals surface area contributed by atoms with Crippen LogP contribution < -0.4 is 5.32 Å². The van der Waals surface area contributed by atoms with Gasteiger partial charge in [-0.2, -0.15) is 0 Å². The third kappa shape index (κ3) is 5.65. The van der Waals surface area contributed by atoms with Crippen LogP contribution in [0.4, 0.5) is 10.1 Å². The smallest absolute Gasteiger partial charge is 0.307 e. The number of rotatable bonds is 7. The van der Waals surface area contributed by atoms with E-state index in [2.05, 4.69) is 5.32 Å². The van der Waals surface area contributed by atoms with E-state index in [0.29, 0.717) is 9.21 Å². The van der Waals surface area contributed by atoms with Crippen molar-refractivity contribution in [2.24, 2.45) is 0 Å². The molecule has 0 spiro atoms. The molecule has 5 nitrogen and oxygen atoms in total. The Hall–Kier alpha value is -2.25. The minimum absolute atomic E-state index is 0.000140. The SMILES string of the molecule is CC(OC(=O)CCC(=O)c1ccc(Cl)s1)C(=O)Nc1ccccc1F. The van der Waals surface area contributed by atoms with Crippen molar-refractivity contribution < 1.29 is 23.5 Å². The number of para-hydroxylation sites is 1. The lowest BCUT2D eigenvalue weighted by molar-refractivity contribution is -0.153. The number of hydrogen-bond donors (Lipinski definition) is 1. The minimum atomic E-state index is -1.11. The highest BCUT2D eigenvalue weighted by molar-refractivity contribution is 7.18. The molecule has 0 saturated heterocycles. The molecule has 8 heteroatoms. The fraction of sp³-hybridized carbons (Fsp3) is 0.235. The molecule has 1 amide bonds. The molecule has 1 N–H and O–H groups in total. The van der Waals surface area contributed by atoms with E-state index in [1.54, 1.807) is 18.2 Å². The zero-order valence-electron chi connectivity index (χ0n) is 13.3. The molecule has 0 saturated carbocycles. The van der Waals surface area contributed by atoms with E-state index in [-0.39, 0.29) is 24.3 Å². The third-order valence-electron chi connectivity index (χ3n) is 3.21. The van der Waals surface area contributed by atoms with E-state index >= 15 is 0 Å². The summed E-state index contributed by atoms with van der Waals surface area (Å²) >= 11 is 6.89. The summed E-state index contributed by atoms with van der Waals surface area (Å²) in [4.78, 5) is 36.0. The summed E-state index contributed by atoms with van der Waals surface area (Å²) in [7, 11) is 0. The number of esters is 1. The van der Waals surface area contributed by atoms with Gasteiger partial charge in [-0.05, 0) is 31.2 Å². The van der Waals surface area contributed by atoms with Crippen LogP contribution in [-0.2, 0) is 14.3 Å². The molecule has 1 heterocycles. The molecule has 2 rings (SSSR count). The molecule has 0 radical (unpaired) electrons. The van der Waals surface area contributed by atoms with Gasteiger partial charge in [0, 0.05) is 6.42 Å². The van der Waals surface area contributed by atoms with Crippen molar-refractivity contribution in [3.05, 3.63) is 51.4 Å². The van der Waals surface area contributed by atoms with Gasteiger partial charge in [0.05, 0.1) is 21.3 Å². The summed E-state index contributed by atoms with van der Waals surface area (Å²) in [6.07, 6.45) is -1.32. The van der Waals surface area contributed by atoms with Gasteiger partial charge in [-0.15, -0.1) is 11.3 Å². The van der Waals surface area contributed by atoms with Crippen molar-refractivity contribution in [1.29, 1.82) is 0 Å². The lowest BCUT2D eigenvalue weighted by Gasteiger charge is -2.13. The summed E-state index contributed by atoms with van der Waals surface area (Å²) in [5.41, 5.74) is 0.000140. The van der Waals surface area contributed by atoms with E-state index in [9.17, 15) is 18.8 Å². The van der Waals surface area contributed by atoms with Crippen molar-refractivity contribution >= 4 is 46.3 Å². The minimum Gasteiger partial charge on any atom is -0.453 e. The zero-order valence-corrected chi connectivity index (χ0v) is 14.8. The molecule has 25 heavy (non-hydrogen) atoms. The topological polar surface area (TPSA) is 72.5 Å². The van der Waals surface area contributed by atoms with E-state index in [0.717, 1.165) is 11.3 Å². The molecule has 2 aromatic rings.